The molecule has 0 aromatic heterocycles. The standard InChI is InChI=1S/C23H14.C2H6/c1-2-8-17-16(5-1)13-20-18-9-3-6-14-11-12-15-7-4-10-19(23(17)20)22(15)21(14)18;1-2/h1-12H,13H2;1-2H3. The van der Waals surface area contributed by atoms with Gasteiger partial charge in [0, 0.05) is 0 Å². The van der Waals surface area contributed by atoms with Gasteiger partial charge in [-0.05, 0) is 61.0 Å². The topological polar surface area (TPSA) is 0 Å². The Hall–Kier alpha value is -2.86. The highest BCUT2D eigenvalue weighted by Crippen LogP contribution is 2.48. The Kier molecular flexibility index (Phi) is 3.08. The van der Waals surface area contributed by atoms with E-state index in [1.165, 1.54) is 54.6 Å². The molecule has 0 bridgehead atoms. The second kappa shape index (κ2) is 5.32. The molecule has 0 aliphatic heterocycles. The summed E-state index contributed by atoms with van der Waals surface area (Å²) >= 11 is 0. The van der Waals surface area contributed by atoms with E-state index in [0.29, 0.717) is 0 Å². The van der Waals surface area contributed by atoms with Crippen LogP contribution in [0.4, 0.5) is 0 Å². The third-order valence-corrected chi connectivity index (χ3v) is 5.44. The molecular weight excluding hydrogens is 300 g/mol. The minimum Gasteiger partial charge on any atom is -0.0683 e. The molecule has 0 heteroatoms. The van der Waals surface area contributed by atoms with Gasteiger partial charge < -0.3 is 0 Å². The Morgan fingerprint density at radius 3 is 2.00 bits per heavy atom. The second-order valence-electron chi connectivity index (χ2n) is 6.56. The van der Waals surface area contributed by atoms with Crippen LogP contribution in [0, 0.1) is 0 Å². The molecule has 6 rings (SSSR count). The molecule has 120 valence electrons. The van der Waals surface area contributed by atoms with E-state index in [9.17, 15) is 0 Å². The van der Waals surface area contributed by atoms with Crippen molar-refractivity contribution >= 4 is 32.3 Å². The normalized spacial score (nSPS) is 12.2. The predicted molar refractivity (Wildman–Crippen MR) is 110 cm³/mol. The lowest BCUT2D eigenvalue weighted by atomic mass is 9.87. The third-order valence-electron chi connectivity index (χ3n) is 5.44. The zero-order valence-corrected chi connectivity index (χ0v) is 14.6. The highest BCUT2D eigenvalue weighted by molar-refractivity contribution is 6.28. The molecule has 0 nitrogen and oxygen atoms in total. The Bertz CT molecular complexity index is 1230. The lowest BCUT2D eigenvalue weighted by Crippen LogP contribution is -1.90. The van der Waals surface area contributed by atoms with E-state index in [-0.39, 0.29) is 0 Å². The molecule has 25 heavy (non-hydrogen) atoms. The molecule has 0 unspecified atom stereocenters. The van der Waals surface area contributed by atoms with Crippen molar-refractivity contribution in [2.75, 3.05) is 0 Å². The largest absolute Gasteiger partial charge is 0.0683 e. The molecule has 5 aromatic rings. The van der Waals surface area contributed by atoms with E-state index in [0.717, 1.165) is 6.42 Å². The fourth-order valence-electron chi connectivity index (χ4n) is 4.51. The van der Waals surface area contributed by atoms with Crippen LogP contribution in [-0.4, -0.2) is 0 Å². The smallest absolute Gasteiger partial charge is 0.000705 e. The van der Waals surface area contributed by atoms with Crippen LogP contribution in [0.5, 0.6) is 0 Å². The fourth-order valence-corrected chi connectivity index (χ4v) is 4.51. The highest BCUT2D eigenvalue weighted by Gasteiger charge is 2.24. The van der Waals surface area contributed by atoms with Gasteiger partial charge in [-0.25, -0.2) is 0 Å². The summed E-state index contributed by atoms with van der Waals surface area (Å²) < 4.78 is 0. The molecular formula is C25H20. The van der Waals surface area contributed by atoms with Gasteiger partial charge in [0.1, 0.15) is 0 Å². The summed E-state index contributed by atoms with van der Waals surface area (Å²) in [5.41, 5.74) is 5.83. The van der Waals surface area contributed by atoms with Gasteiger partial charge >= 0.3 is 0 Å². The van der Waals surface area contributed by atoms with E-state index in [4.69, 9.17) is 0 Å². The van der Waals surface area contributed by atoms with Gasteiger partial charge in [-0.15, -0.1) is 0 Å². The lowest BCUT2D eigenvalue weighted by Gasteiger charge is -2.16. The SMILES string of the molecule is CC.c1ccc2c(c1)Cc1c-2c2cccc3ccc4cccc1c4c32. The van der Waals surface area contributed by atoms with Crippen molar-refractivity contribution in [3.8, 4) is 11.1 Å². The number of rotatable bonds is 0. The van der Waals surface area contributed by atoms with Crippen molar-refractivity contribution in [3.63, 3.8) is 0 Å². The highest BCUT2D eigenvalue weighted by atomic mass is 14.3. The Labute approximate surface area is 148 Å². The van der Waals surface area contributed by atoms with Crippen molar-refractivity contribution in [2.45, 2.75) is 20.3 Å². The molecule has 0 radical (unpaired) electrons. The maximum atomic E-state index is 2.30. The molecule has 1 aliphatic rings. The average molecular weight is 320 g/mol. The van der Waals surface area contributed by atoms with Crippen LogP contribution >= 0.6 is 0 Å². The average Bonchev–Trinajstić information content (AvgIpc) is 3.08. The Morgan fingerprint density at radius 2 is 1.24 bits per heavy atom. The molecule has 0 amide bonds. The quantitative estimate of drug-likeness (QED) is 0.260. The van der Waals surface area contributed by atoms with Gasteiger partial charge in [0.05, 0.1) is 0 Å². The van der Waals surface area contributed by atoms with E-state index >= 15 is 0 Å². The van der Waals surface area contributed by atoms with E-state index < -0.39 is 0 Å². The molecule has 5 aromatic carbocycles. The summed E-state index contributed by atoms with van der Waals surface area (Å²) in [5.74, 6) is 0. The number of fused-ring (bicyclic) bond motifs is 5. The van der Waals surface area contributed by atoms with Gasteiger partial charge in [-0.2, -0.15) is 0 Å². The van der Waals surface area contributed by atoms with E-state index in [2.05, 4.69) is 72.8 Å². The van der Waals surface area contributed by atoms with Crippen molar-refractivity contribution < 1.29 is 0 Å². The summed E-state index contributed by atoms with van der Waals surface area (Å²) in [4.78, 5) is 0. The minimum absolute atomic E-state index is 1.05. The molecule has 0 N–H and O–H groups in total. The maximum absolute atomic E-state index is 2.30. The zero-order valence-electron chi connectivity index (χ0n) is 14.6. The molecule has 0 saturated heterocycles. The molecule has 0 fully saturated rings. The van der Waals surface area contributed by atoms with Crippen LogP contribution in [0.1, 0.15) is 25.0 Å². The minimum atomic E-state index is 1.05. The van der Waals surface area contributed by atoms with Crippen molar-refractivity contribution in [2.24, 2.45) is 0 Å². The predicted octanol–water partition coefficient (Wildman–Crippen LogP) is 7.18. The fraction of sp³-hybridized carbons (Fsp3) is 0.120. The summed E-state index contributed by atoms with van der Waals surface area (Å²) in [6, 6.07) is 26.9. The summed E-state index contributed by atoms with van der Waals surface area (Å²) in [5, 5.41) is 8.40. The van der Waals surface area contributed by atoms with Gasteiger partial charge in [0.25, 0.3) is 0 Å². The van der Waals surface area contributed by atoms with Crippen LogP contribution in [0.25, 0.3) is 43.4 Å². The summed E-state index contributed by atoms with van der Waals surface area (Å²) in [7, 11) is 0. The number of hydrogen-bond acceptors (Lipinski definition) is 0. The first-order valence-corrected chi connectivity index (χ1v) is 9.18. The van der Waals surface area contributed by atoms with Crippen LogP contribution < -0.4 is 0 Å². The van der Waals surface area contributed by atoms with Crippen LogP contribution in [0.3, 0.4) is 0 Å². The maximum Gasteiger partial charge on any atom is -0.000705 e. The van der Waals surface area contributed by atoms with Crippen LogP contribution in [-0.2, 0) is 6.42 Å². The monoisotopic (exact) mass is 320 g/mol. The molecule has 0 spiro atoms. The van der Waals surface area contributed by atoms with Gasteiger partial charge in [0.2, 0.25) is 0 Å². The van der Waals surface area contributed by atoms with Gasteiger partial charge in [-0.1, -0.05) is 86.6 Å². The Balaban J connectivity index is 0.000000679. The van der Waals surface area contributed by atoms with Crippen LogP contribution in [0.15, 0.2) is 72.8 Å². The summed E-state index contributed by atoms with van der Waals surface area (Å²) in [6.45, 7) is 4.00. The first-order valence-electron chi connectivity index (χ1n) is 9.18. The zero-order chi connectivity index (χ0) is 17.0. The summed E-state index contributed by atoms with van der Waals surface area (Å²) in [6.07, 6.45) is 1.05. The lowest BCUT2D eigenvalue weighted by molar-refractivity contribution is 1.29. The molecule has 1 aliphatic carbocycles. The first-order chi connectivity index (χ1) is 12.4. The Morgan fingerprint density at radius 1 is 0.600 bits per heavy atom. The van der Waals surface area contributed by atoms with Gasteiger partial charge in [0.15, 0.2) is 0 Å². The van der Waals surface area contributed by atoms with Gasteiger partial charge in [-0.3, -0.25) is 0 Å². The third kappa shape index (κ3) is 1.83. The van der Waals surface area contributed by atoms with Crippen molar-refractivity contribution in [3.05, 3.63) is 83.9 Å². The molecule has 0 atom stereocenters. The second-order valence-corrected chi connectivity index (χ2v) is 6.56. The van der Waals surface area contributed by atoms with Crippen LogP contribution in [0.2, 0.25) is 0 Å². The number of hydrogen-bond donors (Lipinski definition) is 0. The first kappa shape index (κ1) is 14.5. The molecule has 0 saturated carbocycles. The van der Waals surface area contributed by atoms with E-state index in [1.54, 1.807) is 0 Å². The molecule has 0 heterocycles. The van der Waals surface area contributed by atoms with E-state index in [1.807, 2.05) is 13.8 Å². The van der Waals surface area contributed by atoms with Crippen molar-refractivity contribution in [1.29, 1.82) is 0 Å². The van der Waals surface area contributed by atoms with Crippen molar-refractivity contribution in [1.82, 2.24) is 0 Å². The number of benzene rings is 5.